The lowest BCUT2D eigenvalue weighted by Crippen LogP contribution is -1.91. The largest absolute Gasteiger partial charge is 0.382 e. The number of nitrogen functional groups attached to an aromatic ring is 1. The van der Waals surface area contributed by atoms with E-state index in [2.05, 4.69) is 38.3 Å². The zero-order valence-electron chi connectivity index (χ0n) is 8.20. The van der Waals surface area contributed by atoms with Crippen LogP contribution in [0.3, 0.4) is 0 Å². The summed E-state index contributed by atoms with van der Waals surface area (Å²) in [6.07, 6.45) is 1.92. The first kappa shape index (κ1) is 10.2. The smallest absolute Gasteiger partial charge is 0.145 e. The molecule has 78 valence electrons. The van der Waals surface area contributed by atoms with Crippen LogP contribution in [0.25, 0.3) is 0 Å². The molecule has 0 saturated heterocycles. The Morgan fingerprint density at radius 2 is 2.13 bits per heavy atom. The van der Waals surface area contributed by atoms with Crippen molar-refractivity contribution in [3.8, 4) is 0 Å². The summed E-state index contributed by atoms with van der Waals surface area (Å²) in [7, 11) is 0. The van der Waals surface area contributed by atoms with E-state index in [1.54, 1.807) is 0 Å². The van der Waals surface area contributed by atoms with E-state index in [1.807, 2.05) is 18.2 Å². The van der Waals surface area contributed by atoms with Gasteiger partial charge in [-0.2, -0.15) is 5.10 Å². The second kappa shape index (κ2) is 4.49. The summed E-state index contributed by atoms with van der Waals surface area (Å²) < 4.78 is 1.11. The average molecular weight is 266 g/mol. The van der Waals surface area contributed by atoms with Gasteiger partial charge in [0.2, 0.25) is 0 Å². The number of rotatable bonds is 3. The molecule has 3 N–H and O–H groups in total. The molecule has 1 aromatic carbocycles. The van der Waals surface area contributed by atoms with Gasteiger partial charge in [-0.25, -0.2) is 0 Å². The van der Waals surface area contributed by atoms with Gasteiger partial charge < -0.3 is 5.73 Å². The fraction of sp³-hybridized carbons (Fsp3) is 0.182. The summed E-state index contributed by atoms with van der Waals surface area (Å²) in [6, 6.07) is 10.2. The minimum Gasteiger partial charge on any atom is -0.382 e. The number of H-pyrrole nitrogens is 1. The Labute approximate surface area is 96.8 Å². The highest BCUT2D eigenvalue weighted by Crippen LogP contribution is 2.13. The number of hydrogen-bond acceptors (Lipinski definition) is 2. The number of nitrogens with two attached hydrogens (primary N) is 1. The lowest BCUT2D eigenvalue weighted by atomic mass is 10.1. The van der Waals surface area contributed by atoms with Crippen LogP contribution < -0.4 is 5.73 Å². The highest BCUT2D eigenvalue weighted by Gasteiger charge is 1.99. The first-order valence-corrected chi connectivity index (χ1v) is 5.57. The van der Waals surface area contributed by atoms with Crippen molar-refractivity contribution in [2.45, 2.75) is 12.8 Å². The molecule has 0 unspecified atom stereocenters. The number of nitrogens with one attached hydrogen (secondary N) is 1. The van der Waals surface area contributed by atoms with Gasteiger partial charge in [0.15, 0.2) is 0 Å². The van der Waals surface area contributed by atoms with Gasteiger partial charge in [-0.15, -0.1) is 0 Å². The van der Waals surface area contributed by atoms with Crippen LogP contribution >= 0.6 is 15.9 Å². The van der Waals surface area contributed by atoms with Crippen molar-refractivity contribution < 1.29 is 0 Å². The molecule has 2 aromatic rings. The highest BCUT2D eigenvalue weighted by atomic mass is 79.9. The Balaban J connectivity index is 1.99. The van der Waals surface area contributed by atoms with Crippen LogP contribution in [0.4, 0.5) is 5.82 Å². The number of nitrogens with zero attached hydrogens (tertiary/aromatic N) is 1. The van der Waals surface area contributed by atoms with E-state index in [9.17, 15) is 0 Å². The molecule has 0 atom stereocenters. The molecule has 0 aliphatic heterocycles. The summed E-state index contributed by atoms with van der Waals surface area (Å²) in [6.45, 7) is 0. The number of anilines is 1. The lowest BCUT2D eigenvalue weighted by Gasteiger charge is -2.00. The molecule has 0 spiro atoms. The molecule has 4 heteroatoms. The second-order valence-electron chi connectivity index (χ2n) is 3.45. The van der Waals surface area contributed by atoms with E-state index in [0.29, 0.717) is 5.82 Å². The number of benzene rings is 1. The third kappa shape index (κ3) is 2.83. The normalized spacial score (nSPS) is 10.5. The van der Waals surface area contributed by atoms with Crippen LogP contribution in [0, 0.1) is 0 Å². The van der Waals surface area contributed by atoms with Crippen molar-refractivity contribution in [1.29, 1.82) is 0 Å². The van der Waals surface area contributed by atoms with Gasteiger partial charge in [0, 0.05) is 16.2 Å². The summed E-state index contributed by atoms with van der Waals surface area (Å²) in [5, 5.41) is 6.79. The number of halogens is 1. The Bertz CT molecular complexity index is 451. The SMILES string of the molecule is Nc1cc(CCc2cccc(Br)c2)[nH]n1. The van der Waals surface area contributed by atoms with Gasteiger partial charge in [-0.1, -0.05) is 28.1 Å². The second-order valence-corrected chi connectivity index (χ2v) is 4.36. The van der Waals surface area contributed by atoms with E-state index < -0.39 is 0 Å². The van der Waals surface area contributed by atoms with Gasteiger partial charge >= 0.3 is 0 Å². The van der Waals surface area contributed by atoms with Crippen molar-refractivity contribution in [2.24, 2.45) is 0 Å². The summed E-state index contributed by atoms with van der Waals surface area (Å²) in [4.78, 5) is 0. The van der Waals surface area contributed by atoms with Crippen LogP contribution in [0.5, 0.6) is 0 Å². The average Bonchev–Trinajstić information content (AvgIpc) is 2.62. The third-order valence-electron chi connectivity index (χ3n) is 2.22. The van der Waals surface area contributed by atoms with Crippen molar-refractivity contribution in [3.63, 3.8) is 0 Å². The minimum absolute atomic E-state index is 0.555. The van der Waals surface area contributed by atoms with Crippen LogP contribution in [0.2, 0.25) is 0 Å². The van der Waals surface area contributed by atoms with Crippen molar-refractivity contribution in [1.82, 2.24) is 10.2 Å². The Kier molecular flexibility index (Phi) is 3.06. The highest BCUT2D eigenvalue weighted by molar-refractivity contribution is 9.10. The molecule has 0 radical (unpaired) electrons. The van der Waals surface area contributed by atoms with Crippen molar-refractivity contribution >= 4 is 21.7 Å². The molecule has 0 fully saturated rings. The van der Waals surface area contributed by atoms with E-state index in [0.717, 1.165) is 23.0 Å². The standard InChI is InChI=1S/C11H12BrN3/c12-9-3-1-2-8(6-9)4-5-10-7-11(13)15-14-10/h1-3,6-7H,4-5H2,(H3,13,14,15). The minimum atomic E-state index is 0.555. The molecule has 0 aliphatic carbocycles. The fourth-order valence-electron chi connectivity index (χ4n) is 1.48. The third-order valence-corrected chi connectivity index (χ3v) is 2.72. The predicted molar refractivity (Wildman–Crippen MR) is 64.6 cm³/mol. The number of hydrogen-bond donors (Lipinski definition) is 2. The molecule has 2 rings (SSSR count). The molecule has 1 aromatic heterocycles. The maximum Gasteiger partial charge on any atom is 0.145 e. The summed E-state index contributed by atoms with van der Waals surface area (Å²) in [5.74, 6) is 0.555. The zero-order valence-corrected chi connectivity index (χ0v) is 9.79. The molecule has 15 heavy (non-hydrogen) atoms. The quantitative estimate of drug-likeness (QED) is 0.896. The fourth-order valence-corrected chi connectivity index (χ4v) is 1.93. The van der Waals surface area contributed by atoms with Crippen LogP contribution in [-0.4, -0.2) is 10.2 Å². The molecule has 0 amide bonds. The van der Waals surface area contributed by atoms with E-state index in [-0.39, 0.29) is 0 Å². The zero-order chi connectivity index (χ0) is 10.7. The Hall–Kier alpha value is -1.29. The maximum atomic E-state index is 5.52. The first-order valence-electron chi connectivity index (χ1n) is 4.78. The Morgan fingerprint density at radius 3 is 2.80 bits per heavy atom. The summed E-state index contributed by atoms with van der Waals surface area (Å²) in [5.41, 5.74) is 7.90. The van der Waals surface area contributed by atoms with E-state index >= 15 is 0 Å². The van der Waals surface area contributed by atoms with Gasteiger partial charge in [-0.05, 0) is 30.5 Å². The molecular formula is C11H12BrN3. The van der Waals surface area contributed by atoms with E-state index in [1.165, 1.54) is 5.56 Å². The predicted octanol–water partition coefficient (Wildman–Crippen LogP) is 2.54. The molecule has 3 nitrogen and oxygen atoms in total. The number of aromatic nitrogens is 2. The van der Waals surface area contributed by atoms with Crippen LogP contribution in [-0.2, 0) is 12.8 Å². The summed E-state index contributed by atoms with van der Waals surface area (Å²) >= 11 is 3.45. The van der Waals surface area contributed by atoms with Crippen LogP contribution in [0.15, 0.2) is 34.8 Å². The van der Waals surface area contributed by atoms with Gasteiger partial charge in [0.05, 0.1) is 0 Å². The number of aryl methyl sites for hydroxylation is 2. The Morgan fingerprint density at radius 1 is 1.27 bits per heavy atom. The van der Waals surface area contributed by atoms with Gasteiger partial charge in [0.1, 0.15) is 5.82 Å². The van der Waals surface area contributed by atoms with E-state index in [4.69, 9.17) is 5.73 Å². The topological polar surface area (TPSA) is 54.7 Å². The molecule has 1 heterocycles. The molecule has 0 bridgehead atoms. The first-order chi connectivity index (χ1) is 7.24. The van der Waals surface area contributed by atoms with Crippen molar-refractivity contribution in [2.75, 3.05) is 5.73 Å². The molecule has 0 saturated carbocycles. The van der Waals surface area contributed by atoms with Gasteiger partial charge in [-0.3, -0.25) is 5.10 Å². The lowest BCUT2D eigenvalue weighted by molar-refractivity contribution is 0.893. The number of aromatic amines is 1. The van der Waals surface area contributed by atoms with Gasteiger partial charge in [0.25, 0.3) is 0 Å². The van der Waals surface area contributed by atoms with Crippen LogP contribution in [0.1, 0.15) is 11.3 Å². The monoisotopic (exact) mass is 265 g/mol. The molecule has 0 aliphatic rings. The van der Waals surface area contributed by atoms with Crippen molar-refractivity contribution in [3.05, 3.63) is 46.1 Å². The molecular weight excluding hydrogens is 254 g/mol. The maximum absolute atomic E-state index is 5.52.